The molecular weight excluding hydrogens is 326 g/mol. The fraction of sp³-hybridized carbons (Fsp3) is 0.190. The van der Waals surface area contributed by atoms with E-state index in [9.17, 15) is 9.59 Å². The Labute approximate surface area is 151 Å². The highest BCUT2D eigenvalue weighted by Crippen LogP contribution is 2.40. The van der Waals surface area contributed by atoms with E-state index in [1.54, 1.807) is 0 Å². The molecule has 1 atom stereocenters. The summed E-state index contributed by atoms with van der Waals surface area (Å²) in [6.07, 6.45) is 0.124. The predicted octanol–water partition coefficient (Wildman–Crippen LogP) is 4.00. The van der Waals surface area contributed by atoms with Gasteiger partial charge in [0.25, 0.3) is 0 Å². The Morgan fingerprint density at radius 1 is 1.12 bits per heavy atom. The topological polar surface area (TPSA) is 74.8 Å². The SMILES string of the molecule is Cc1ccc(C)c(C(=O)C2CC(=O)Nc3n[nH]c(-c4ccccc4)c32)c1. The van der Waals surface area contributed by atoms with Crippen molar-refractivity contribution in [2.75, 3.05) is 5.32 Å². The van der Waals surface area contributed by atoms with Gasteiger partial charge >= 0.3 is 0 Å². The van der Waals surface area contributed by atoms with E-state index in [0.717, 1.165) is 27.9 Å². The molecule has 0 saturated carbocycles. The normalized spacial score (nSPS) is 16.1. The maximum absolute atomic E-state index is 13.3. The molecule has 4 rings (SSSR count). The van der Waals surface area contributed by atoms with E-state index >= 15 is 0 Å². The van der Waals surface area contributed by atoms with E-state index in [1.165, 1.54) is 0 Å². The van der Waals surface area contributed by atoms with Crippen molar-refractivity contribution in [3.05, 3.63) is 70.8 Å². The van der Waals surface area contributed by atoms with Crippen LogP contribution in [0.5, 0.6) is 0 Å². The van der Waals surface area contributed by atoms with Crippen LogP contribution in [-0.4, -0.2) is 21.9 Å². The van der Waals surface area contributed by atoms with Gasteiger partial charge in [-0.15, -0.1) is 0 Å². The highest BCUT2D eigenvalue weighted by Gasteiger charge is 2.36. The molecule has 0 aliphatic carbocycles. The van der Waals surface area contributed by atoms with Crippen LogP contribution in [0.25, 0.3) is 11.3 Å². The first kappa shape index (κ1) is 16.3. The number of ketones is 1. The molecule has 130 valence electrons. The van der Waals surface area contributed by atoms with Gasteiger partial charge in [0.05, 0.1) is 11.6 Å². The summed E-state index contributed by atoms with van der Waals surface area (Å²) in [5.41, 5.74) is 5.09. The lowest BCUT2D eigenvalue weighted by Gasteiger charge is -2.23. The molecule has 5 nitrogen and oxygen atoms in total. The molecule has 0 radical (unpaired) electrons. The maximum Gasteiger partial charge on any atom is 0.226 e. The Kier molecular flexibility index (Phi) is 3.92. The minimum absolute atomic E-state index is 0.0409. The highest BCUT2D eigenvalue weighted by molar-refractivity contribution is 6.09. The van der Waals surface area contributed by atoms with Crippen LogP contribution < -0.4 is 5.32 Å². The number of rotatable bonds is 3. The fourth-order valence-corrected chi connectivity index (χ4v) is 3.49. The van der Waals surface area contributed by atoms with Gasteiger partial charge in [-0.25, -0.2) is 0 Å². The Balaban J connectivity index is 1.84. The third kappa shape index (κ3) is 2.71. The van der Waals surface area contributed by atoms with Crippen molar-refractivity contribution in [1.29, 1.82) is 0 Å². The molecule has 1 aliphatic heterocycles. The fourth-order valence-electron chi connectivity index (χ4n) is 3.49. The van der Waals surface area contributed by atoms with Gasteiger partial charge in [-0.05, 0) is 31.0 Å². The minimum atomic E-state index is -0.548. The molecule has 26 heavy (non-hydrogen) atoms. The number of aryl methyl sites for hydroxylation is 2. The van der Waals surface area contributed by atoms with E-state index in [2.05, 4.69) is 15.5 Å². The summed E-state index contributed by atoms with van der Waals surface area (Å²) in [6, 6.07) is 15.6. The molecule has 0 spiro atoms. The van der Waals surface area contributed by atoms with Gasteiger partial charge in [0.1, 0.15) is 0 Å². The van der Waals surface area contributed by atoms with Gasteiger partial charge in [0, 0.05) is 17.5 Å². The van der Waals surface area contributed by atoms with Gasteiger partial charge in [-0.1, -0.05) is 48.0 Å². The van der Waals surface area contributed by atoms with Crippen LogP contribution in [0.1, 0.15) is 39.4 Å². The Morgan fingerprint density at radius 2 is 1.88 bits per heavy atom. The monoisotopic (exact) mass is 345 g/mol. The molecule has 2 heterocycles. The van der Waals surface area contributed by atoms with Crippen LogP contribution in [-0.2, 0) is 4.79 Å². The molecule has 1 aliphatic rings. The largest absolute Gasteiger partial charge is 0.309 e. The molecule has 0 bridgehead atoms. The zero-order chi connectivity index (χ0) is 18.3. The highest BCUT2D eigenvalue weighted by atomic mass is 16.2. The van der Waals surface area contributed by atoms with Gasteiger partial charge in [-0.3, -0.25) is 14.7 Å². The maximum atomic E-state index is 13.3. The number of amides is 1. The third-order valence-corrected chi connectivity index (χ3v) is 4.84. The molecule has 3 aromatic rings. The summed E-state index contributed by atoms with van der Waals surface area (Å²) in [4.78, 5) is 25.5. The lowest BCUT2D eigenvalue weighted by Crippen LogP contribution is -2.27. The first-order valence-electron chi connectivity index (χ1n) is 8.59. The molecule has 1 unspecified atom stereocenters. The second-order valence-electron chi connectivity index (χ2n) is 6.71. The second kappa shape index (κ2) is 6.26. The summed E-state index contributed by atoms with van der Waals surface area (Å²) in [6.45, 7) is 3.88. The van der Waals surface area contributed by atoms with Gasteiger partial charge in [0.15, 0.2) is 11.6 Å². The molecule has 0 saturated heterocycles. The second-order valence-corrected chi connectivity index (χ2v) is 6.71. The van der Waals surface area contributed by atoms with E-state index in [-0.39, 0.29) is 18.1 Å². The first-order chi connectivity index (χ1) is 12.5. The number of hydrogen-bond donors (Lipinski definition) is 2. The van der Waals surface area contributed by atoms with Crippen LogP contribution in [0, 0.1) is 13.8 Å². The van der Waals surface area contributed by atoms with Gasteiger partial charge in [-0.2, -0.15) is 5.10 Å². The predicted molar refractivity (Wildman–Crippen MR) is 100 cm³/mol. The number of aromatic nitrogens is 2. The number of carbonyl (C=O) groups excluding carboxylic acids is 2. The number of aromatic amines is 1. The number of hydrogen-bond acceptors (Lipinski definition) is 3. The third-order valence-electron chi connectivity index (χ3n) is 4.84. The van der Waals surface area contributed by atoms with Crippen molar-refractivity contribution in [2.45, 2.75) is 26.2 Å². The smallest absolute Gasteiger partial charge is 0.226 e. The van der Waals surface area contributed by atoms with E-state index in [4.69, 9.17) is 0 Å². The molecule has 2 N–H and O–H groups in total. The summed E-state index contributed by atoms with van der Waals surface area (Å²) >= 11 is 0. The van der Waals surface area contributed by atoms with Crippen LogP contribution >= 0.6 is 0 Å². The molecule has 0 fully saturated rings. The van der Waals surface area contributed by atoms with Crippen LogP contribution in [0.3, 0.4) is 0 Å². The molecule has 1 amide bonds. The number of anilines is 1. The van der Waals surface area contributed by atoms with Crippen LogP contribution in [0.4, 0.5) is 5.82 Å². The average molecular weight is 345 g/mol. The van der Waals surface area contributed by atoms with E-state index < -0.39 is 5.92 Å². The van der Waals surface area contributed by atoms with Crippen LogP contribution in [0.15, 0.2) is 48.5 Å². The van der Waals surface area contributed by atoms with E-state index in [1.807, 2.05) is 62.4 Å². The quantitative estimate of drug-likeness (QED) is 0.705. The molecule has 2 aromatic carbocycles. The molecule has 1 aromatic heterocycles. The number of fused-ring (bicyclic) bond motifs is 1. The zero-order valence-corrected chi connectivity index (χ0v) is 14.7. The minimum Gasteiger partial charge on any atom is -0.309 e. The Bertz CT molecular complexity index is 1010. The Hall–Kier alpha value is -3.21. The van der Waals surface area contributed by atoms with Crippen molar-refractivity contribution in [3.8, 4) is 11.3 Å². The lowest BCUT2D eigenvalue weighted by molar-refractivity contribution is -0.116. The standard InChI is InChI=1S/C21H19N3O2/c1-12-8-9-13(2)15(10-12)20(26)16-11-17(25)22-21-18(16)19(23-24-21)14-6-4-3-5-7-14/h3-10,16H,11H2,1-2H3,(H2,22,23,24,25). The number of carbonyl (C=O) groups is 2. The Morgan fingerprint density at radius 3 is 2.65 bits per heavy atom. The van der Waals surface area contributed by atoms with Crippen molar-refractivity contribution in [3.63, 3.8) is 0 Å². The average Bonchev–Trinajstić information content (AvgIpc) is 3.07. The summed E-state index contributed by atoms with van der Waals surface area (Å²) in [5.74, 6) is -0.329. The summed E-state index contributed by atoms with van der Waals surface area (Å²) in [7, 11) is 0. The first-order valence-corrected chi connectivity index (χ1v) is 8.59. The molecule has 5 heteroatoms. The van der Waals surface area contributed by atoms with Gasteiger partial charge < -0.3 is 5.32 Å². The van der Waals surface area contributed by atoms with E-state index in [0.29, 0.717) is 11.4 Å². The number of nitrogens with zero attached hydrogens (tertiary/aromatic N) is 1. The van der Waals surface area contributed by atoms with Crippen LogP contribution in [0.2, 0.25) is 0 Å². The van der Waals surface area contributed by atoms with Gasteiger partial charge in [0.2, 0.25) is 5.91 Å². The zero-order valence-electron chi connectivity index (χ0n) is 14.7. The summed E-state index contributed by atoms with van der Waals surface area (Å²) in [5, 5.41) is 10.0. The number of nitrogens with one attached hydrogen (secondary N) is 2. The molecular formula is C21H19N3O2. The van der Waals surface area contributed by atoms with Crippen molar-refractivity contribution in [1.82, 2.24) is 10.2 Å². The van der Waals surface area contributed by atoms with Crippen molar-refractivity contribution >= 4 is 17.5 Å². The number of Topliss-reactive ketones (excluding diaryl/α,β-unsaturated/α-hetero) is 1. The number of H-pyrrole nitrogens is 1. The number of benzene rings is 2. The van der Waals surface area contributed by atoms with Crippen molar-refractivity contribution < 1.29 is 9.59 Å². The van der Waals surface area contributed by atoms with Crippen molar-refractivity contribution in [2.24, 2.45) is 0 Å². The summed E-state index contributed by atoms with van der Waals surface area (Å²) < 4.78 is 0. The lowest BCUT2D eigenvalue weighted by atomic mass is 9.83.